The van der Waals surface area contributed by atoms with Crippen LogP contribution < -0.4 is 5.32 Å². The number of nitrogens with zero attached hydrogens (tertiary/aromatic N) is 1. The van der Waals surface area contributed by atoms with Crippen molar-refractivity contribution in [1.29, 1.82) is 0 Å². The zero-order chi connectivity index (χ0) is 16.4. The first-order valence-electron chi connectivity index (χ1n) is 6.19. The molecule has 0 aromatic rings. The number of carbonyl (C=O) groups excluding carboxylic acids is 3. The molecule has 120 valence electrons. The maximum atomic E-state index is 11.8. The van der Waals surface area contributed by atoms with Gasteiger partial charge in [-0.25, -0.2) is 9.59 Å². The van der Waals surface area contributed by atoms with Crippen LogP contribution in [-0.2, 0) is 23.9 Å². The van der Waals surface area contributed by atoms with E-state index in [9.17, 15) is 19.2 Å². The number of ether oxygens (including phenoxy) is 2. The molecule has 9 nitrogen and oxygen atoms in total. The average Bonchev–Trinajstić information content (AvgIpc) is 2.47. The van der Waals surface area contributed by atoms with Crippen molar-refractivity contribution in [2.75, 3.05) is 27.8 Å². The molecule has 0 rings (SSSR count). The minimum absolute atomic E-state index is 0.000316. The molecule has 2 amide bonds. The lowest BCUT2D eigenvalue weighted by atomic mass is 10.1. The summed E-state index contributed by atoms with van der Waals surface area (Å²) in [7, 11) is 3.84. The van der Waals surface area contributed by atoms with Gasteiger partial charge >= 0.3 is 23.9 Å². The summed E-state index contributed by atoms with van der Waals surface area (Å²) in [6, 6.07) is -1.87. The summed E-state index contributed by atoms with van der Waals surface area (Å²) in [4.78, 5) is 45.9. The van der Waals surface area contributed by atoms with E-state index in [1.165, 1.54) is 21.3 Å². The van der Waals surface area contributed by atoms with E-state index in [2.05, 4.69) is 14.8 Å². The van der Waals surface area contributed by atoms with Gasteiger partial charge in [0, 0.05) is 20.0 Å². The molecular weight excluding hydrogens is 284 g/mol. The molecule has 0 saturated carbocycles. The van der Waals surface area contributed by atoms with Crippen molar-refractivity contribution in [1.82, 2.24) is 10.2 Å². The van der Waals surface area contributed by atoms with Gasteiger partial charge in [0.15, 0.2) is 0 Å². The Hall–Kier alpha value is -2.32. The second-order valence-electron chi connectivity index (χ2n) is 4.20. The molecule has 0 spiro atoms. The fraction of sp³-hybridized carbons (Fsp3) is 0.667. The third-order valence-electron chi connectivity index (χ3n) is 2.69. The summed E-state index contributed by atoms with van der Waals surface area (Å²) in [5, 5.41) is 11.3. The normalized spacial score (nSPS) is 11.2. The van der Waals surface area contributed by atoms with Crippen molar-refractivity contribution in [3.63, 3.8) is 0 Å². The predicted octanol–water partition coefficient (Wildman–Crippen LogP) is -0.403. The zero-order valence-electron chi connectivity index (χ0n) is 12.2. The maximum Gasteiger partial charge on any atom is 0.326 e. The molecule has 0 aromatic heterocycles. The first-order valence-corrected chi connectivity index (χ1v) is 6.19. The Morgan fingerprint density at radius 3 is 2.10 bits per heavy atom. The van der Waals surface area contributed by atoms with Crippen molar-refractivity contribution in [2.45, 2.75) is 25.3 Å². The van der Waals surface area contributed by atoms with Crippen molar-refractivity contribution in [2.24, 2.45) is 0 Å². The van der Waals surface area contributed by atoms with Gasteiger partial charge in [0.25, 0.3) is 0 Å². The Labute approximate surface area is 122 Å². The summed E-state index contributed by atoms with van der Waals surface area (Å²) in [5.74, 6) is -2.29. The molecule has 0 heterocycles. The molecule has 0 aliphatic rings. The number of carboxylic acid groups (broad SMARTS) is 1. The number of hydrogen-bond donors (Lipinski definition) is 2. The first-order chi connectivity index (χ1) is 9.81. The molecule has 0 bridgehead atoms. The molecule has 0 radical (unpaired) electrons. The third kappa shape index (κ3) is 7.75. The van der Waals surface area contributed by atoms with Crippen LogP contribution in [0.15, 0.2) is 0 Å². The topological polar surface area (TPSA) is 122 Å². The predicted molar refractivity (Wildman–Crippen MR) is 70.5 cm³/mol. The molecule has 9 heteroatoms. The minimum atomic E-state index is -1.26. The Morgan fingerprint density at radius 1 is 1.10 bits per heavy atom. The highest BCUT2D eigenvalue weighted by Crippen LogP contribution is 2.01. The highest BCUT2D eigenvalue weighted by atomic mass is 16.5. The number of hydrogen-bond acceptors (Lipinski definition) is 6. The smallest absolute Gasteiger partial charge is 0.326 e. The number of aliphatic carboxylic acids is 1. The quantitative estimate of drug-likeness (QED) is 0.585. The van der Waals surface area contributed by atoms with Crippen molar-refractivity contribution in [3.05, 3.63) is 0 Å². The lowest BCUT2D eigenvalue weighted by Gasteiger charge is -2.20. The number of urea groups is 1. The third-order valence-corrected chi connectivity index (χ3v) is 2.69. The Bertz CT molecular complexity index is 397. The van der Waals surface area contributed by atoms with Gasteiger partial charge in [-0.3, -0.25) is 9.59 Å². The van der Waals surface area contributed by atoms with E-state index >= 15 is 0 Å². The highest BCUT2D eigenvalue weighted by molar-refractivity contribution is 5.83. The monoisotopic (exact) mass is 304 g/mol. The average molecular weight is 304 g/mol. The van der Waals surface area contributed by atoms with Crippen LogP contribution in [0.3, 0.4) is 0 Å². The van der Waals surface area contributed by atoms with Crippen LogP contribution in [0, 0.1) is 0 Å². The van der Waals surface area contributed by atoms with E-state index in [1.54, 1.807) is 0 Å². The van der Waals surface area contributed by atoms with Gasteiger partial charge in [0.2, 0.25) is 0 Å². The van der Waals surface area contributed by atoms with Gasteiger partial charge in [0.05, 0.1) is 20.6 Å². The maximum absolute atomic E-state index is 11.8. The van der Waals surface area contributed by atoms with Gasteiger partial charge in [-0.15, -0.1) is 0 Å². The van der Waals surface area contributed by atoms with E-state index in [0.29, 0.717) is 0 Å². The van der Waals surface area contributed by atoms with Crippen LogP contribution in [0.4, 0.5) is 4.79 Å². The summed E-state index contributed by atoms with van der Waals surface area (Å²) >= 11 is 0. The summed E-state index contributed by atoms with van der Waals surface area (Å²) in [6.07, 6.45) is -0.210. The van der Waals surface area contributed by atoms with E-state index in [1.807, 2.05) is 0 Å². The van der Waals surface area contributed by atoms with Gasteiger partial charge in [-0.05, 0) is 6.42 Å². The molecule has 0 aliphatic carbocycles. The number of carboxylic acids is 1. The Kier molecular flexibility index (Phi) is 8.51. The van der Waals surface area contributed by atoms with Crippen LogP contribution in [0.25, 0.3) is 0 Å². The minimum Gasteiger partial charge on any atom is -0.480 e. The highest BCUT2D eigenvalue weighted by Gasteiger charge is 2.23. The van der Waals surface area contributed by atoms with E-state index in [0.717, 1.165) is 4.90 Å². The first kappa shape index (κ1) is 18.7. The number of methoxy groups -OCH3 is 2. The van der Waals surface area contributed by atoms with Gasteiger partial charge in [0.1, 0.15) is 6.04 Å². The summed E-state index contributed by atoms with van der Waals surface area (Å²) in [5.41, 5.74) is 0. The fourth-order valence-electron chi connectivity index (χ4n) is 1.34. The summed E-state index contributed by atoms with van der Waals surface area (Å²) < 4.78 is 8.84. The molecular formula is C12H20N2O7. The molecule has 21 heavy (non-hydrogen) atoms. The van der Waals surface area contributed by atoms with Crippen LogP contribution in [0.1, 0.15) is 19.3 Å². The number of nitrogens with one attached hydrogen (secondary N) is 1. The number of rotatable bonds is 8. The molecule has 0 aromatic carbocycles. The second kappa shape index (κ2) is 9.56. The van der Waals surface area contributed by atoms with E-state index in [4.69, 9.17) is 5.11 Å². The van der Waals surface area contributed by atoms with E-state index in [-0.39, 0.29) is 25.8 Å². The molecule has 0 aliphatic heterocycles. The van der Waals surface area contributed by atoms with Gasteiger partial charge < -0.3 is 24.8 Å². The van der Waals surface area contributed by atoms with Gasteiger partial charge in [-0.1, -0.05) is 0 Å². The van der Waals surface area contributed by atoms with Crippen molar-refractivity contribution < 1.29 is 33.8 Å². The molecule has 0 unspecified atom stereocenters. The van der Waals surface area contributed by atoms with Gasteiger partial charge in [-0.2, -0.15) is 0 Å². The van der Waals surface area contributed by atoms with Crippen LogP contribution in [0.5, 0.6) is 0 Å². The van der Waals surface area contributed by atoms with Crippen LogP contribution in [-0.4, -0.2) is 67.8 Å². The van der Waals surface area contributed by atoms with Crippen LogP contribution >= 0.6 is 0 Å². The molecule has 0 fully saturated rings. The second-order valence-corrected chi connectivity index (χ2v) is 4.20. The van der Waals surface area contributed by atoms with Crippen molar-refractivity contribution >= 4 is 23.9 Å². The van der Waals surface area contributed by atoms with Crippen LogP contribution in [0.2, 0.25) is 0 Å². The largest absolute Gasteiger partial charge is 0.480 e. The molecule has 0 saturated heterocycles. The molecule has 2 N–H and O–H groups in total. The molecule has 1 atom stereocenters. The number of amides is 2. The standard InChI is InChI=1S/C12H20N2O7/c1-14(7-6-10(16)21-3)12(19)13-8(11(17)18)4-5-9(15)20-2/h8H,4-7H2,1-3H3,(H,13,19)(H,17,18)/t8-/m1/s1. The fourth-order valence-corrected chi connectivity index (χ4v) is 1.34. The SMILES string of the molecule is COC(=O)CC[C@@H](NC(=O)N(C)CCC(=O)OC)C(=O)O. The number of carbonyl (C=O) groups is 4. The lowest BCUT2D eigenvalue weighted by molar-refractivity contribution is -0.143. The summed E-state index contributed by atoms with van der Waals surface area (Å²) in [6.45, 7) is 0.0852. The lowest BCUT2D eigenvalue weighted by Crippen LogP contribution is -2.47. The van der Waals surface area contributed by atoms with E-state index < -0.39 is 30.0 Å². The Morgan fingerprint density at radius 2 is 1.62 bits per heavy atom. The Balaban J connectivity index is 4.36. The zero-order valence-corrected chi connectivity index (χ0v) is 12.2. The van der Waals surface area contributed by atoms with Crippen molar-refractivity contribution in [3.8, 4) is 0 Å². The number of esters is 2.